The van der Waals surface area contributed by atoms with Gasteiger partial charge in [0.25, 0.3) is 5.91 Å². The molecule has 1 aliphatic heterocycles. The van der Waals surface area contributed by atoms with Crippen LogP contribution in [-0.4, -0.2) is 51.0 Å². The Morgan fingerprint density at radius 2 is 1.76 bits per heavy atom. The van der Waals surface area contributed by atoms with Crippen LogP contribution in [-0.2, 0) is 5.41 Å². The smallest absolute Gasteiger partial charge is 0.280 e. The van der Waals surface area contributed by atoms with Crippen molar-refractivity contribution in [1.82, 2.24) is 15.0 Å². The Bertz CT molecular complexity index is 1200. The summed E-state index contributed by atoms with van der Waals surface area (Å²) in [6, 6.07) is 11.5. The average molecular weight is 458 g/mol. The van der Waals surface area contributed by atoms with Crippen molar-refractivity contribution >= 4 is 23.5 Å². The number of nitrogens with two attached hydrogens (primary N) is 2. The zero-order chi connectivity index (χ0) is 23.7. The molecule has 34 heavy (non-hydrogen) atoms. The lowest BCUT2D eigenvalue weighted by atomic mass is 9.63. The summed E-state index contributed by atoms with van der Waals surface area (Å²) in [7, 11) is 0. The minimum absolute atomic E-state index is 0.238. The maximum absolute atomic E-state index is 12.8. The second-order valence-electron chi connectivity index (χ2n) is 8.94. The van der Waals surface area contributed by atoms with Crippen molar-refractivity contribution < 1.29 is 9.90 Å². The van der Waals surface area contributed by atoms with E-state index in [4.69, 9.17) is 11.5 Å². The number of nitrogens with zero attached hydrogens (tertiary/aromatic N) is 5. The highest BCUT2D eigenvalue weighted by Crippen LogP contribution is 2.44. The van der Waals surface area contributed by atoms with Crippen LogP contribution in [0.4, 0.5) is 11.8 Å². The summed E-state index contributed by atoms with van der Waals surface area (Å²) in [6.07, 6.45) is 8.00. The summed E-state index contributed by atoms with van der Waals surface area (Å²) in [5, 5.41) is 9.72. The fourth-order valence-electron chi connectivity index (χ4n) is 4.62. The van der Waals surface area contributed by atoms with Crippen molar-refractivity contribution in [3.05, 3.63) is 66.1 Å². The zero-order valence-corrected chi connectivity index (χ0v) is 18.8. The van der Waals surface area contributed by atoms with Gasteiger partial charge in [-0.15, -0.1) is 0 Å². The lowest BCUT2D eigenvalue weighted by Crippen LogP contribution is -2.47. The first-order valence-corrected chi connectivity index (χ1v) is 11.4. The number of amidine groups is 1. The van der Waals surface area contributed by atoms with Gasteiger partial charge in [0.2, 0.25) is 5.95 Å². The van der Waals surface area contributed by atoms with Gasteiger partial charge < -0.3 is 21.5 Å². The molecule has 2 fully saturated rings. The van der Waals surface area contributed by atoms with Gasteiger partial charge in [0.15, 0.2) is 0 Å². The van der Waals surface area contributed by atoms with Gasteiger partial charge in [0, 0.05) is 37.2 Å². The van der Waals surface area contributed by atoms with Gasteiger partial charge in [-0.1, -0.05) is 30.7 Å². The summed E-state index contributed by atoms with van der Waals surface area (Å²) in [5.41, 5.74) is 14.8. The predicted molar refractivity (Wildman–Crippen MR) is 130 cm³/mol. The van der Waals surface area contributed by atoms with E-state index in [9.17, 15) is 9.90 Å². The number of amides is 1. The third-order valence-corrected chi connectivity index (χ3v) is 6.84. The second kappa shape index (κ2) is 8.83. The Morgan fingerprint density at radius 3 is 2.32 bits per heavy atom. The number of anilines is 2. The standard InChI is InChI=1S/C25H27N7O2/c26-23(31-22(34)17-4-7-21(28-12-17)32-11-8-20(33)15-32)25(9-1-10-25)19-5-2-16(3-6-19)18-13-29-24(27)30-14-18/h2-7,12-14,20,33H,1,8-11,15H2,(H2,26,31,34)(H2,27,29,30). The molecule has 0 spiro atoms. The van der Waals surface area contributed by atoms with Crippen molar-refractivity contribution in [2.45, 2.75) is 37.2 Å². The van der Waals surface area contributed by atoms with E-state index in [-0.39, 0.29) is 12.1 Å². The van der Waals surface area contributed by atoms with Crippen LogP contribution < -0.4 is 16.4 Å². The number of rotatable bonds is 5. The molecular formula is C25H27N7O2. The van der Waals surface area contributed by atoms with E-state index in [0.717, 1.165) is 54.7 Å². The van der Waals surface area contributed by atoms with Gasteiger partial charge >= 0.3 is 0 Å². The highest BCUT2D eigenvalue weighted by atomic mass is 16.3. The molecule has 9 nitrogen and oxygen atoms in total. The number of aliphatic imine (C=N–C) groups is 1. The summed E-state index contributed by atoms with van der Waals surface area (Å²) in [4.78, 5) is 31.6. The number of carbonyl (C=O) groups is 1. The third-order valence-electron chi connectivity index (χ3n) is 6.84. The molecule has 1 aromatic carbocycles. The van der Waals surface area contributed by atoms with Crippen LogP contribution in [0.2, 0.25) is 0 Å². The summed E-state index contributed by atoms with van der Waals surface area (Å²) in [5.74, 6) is 0.910. The summed E-state index contributed by atoms with van der Waals surface area (Å²) < 4.78 is 0. The maximum atomic E-state index is 12.8. The first-order chi connectivity index (χ1) is 16.4. The largest absolute Gasteiger partial charge is 0.391 e. The van der Waals surface area contributed by atoms with Crippen molar-refractivity contribution in [2.75, 3.05) is 23.7 Å². The number of pyridine rings is 1. The third kappa shape index (κ3) is 4.10. The van der Waals surface area contributed by atoms with Gasteiger partial charge in [0.1, 0.15) is 11.7 Å². The molecular weight excluding hydrogens is 430 g/mol. The van der Waals surface area contributed by atoms with Crippen molar-refractivity contribution in [2.24, 2.45) is 10.7 Å². The van der Waals surface area contributed by atoms with Crippen LogP contribution in [0.15, 0.2) is 60.0 Å². The Morgan fingerprint density at radius 1 is 1.03 bits per heavy atom. The van der Waals surface area contributed by atoms with Crippen LogP contribution in [0.1, 0.15) is 41.6 Å². The molecule has 1 aliphatic carbocycles. The molecule has 174 valence electrons. The van der Waals surface area contributed by atoms with Gasteiger partial charge in [-0.2, -0.15) is 4.99 Å². The number of hydrogen-bond acceptors (Lipinski definition) is 7. The number of aromatic nitrogens is 3. The Kier molecular flexibility index (Phi) is 5.70. The Balaban J connectivity index is 1.34. The van der Waals surface area contributed by atoms with Gasteiger partial charge in [-0.05, 0) is 42.5 Å². The van der Waals surface area contributed by atoms with Crippen LogP contribution in [0, 0.1) is 0 Å². The number of carbonyl (C=O) groups excluding carboxylic acids is 1. The fourth-order valence-corrected chi connectivity index (χ4v) is 4.62. The number of hydrogen-bond donors (Lipinski definition) is 3. The molecule has 1 atom stereocenters. The van der Waals surface area contributed by atoms with Gasteiger partial charge in [0.05, 0.1) is 17.1 Å². The zero-order valence-electron chi connectivity index (χ0n) is 18.8. The minimum atomic E-state index is -0.440. The molecule has 9 heteroatoms. The molecule has 2 aliphatic rings. The Labute approximate surface area is 197 Å². The molecule has 0 radical (unpaired) electrons. The first-order valence-electron chi connectivity index (χ1n) is 11.4. The van der Waals surface area contributed by atoms with E-state index in [1.807, 2.05) is 29.2 Å². The Hall–Kier alpha value is -3.85. The van der Waals surface area contributed by atoms with E-state index in [1.54, 1.807) is 24.5 Å². The molecule has 1 saturated carbocycles. The highest BCUT2D eigenvalue weighted by Gasteiger charge is 2.42. The van der Waals surface area contributed by atoms with Crippen molar-refractivity contribution in [3.8, 4) is 11.1 Å². The quantitative estimate of drug-likeness (QED) is 0.391. The van der Waals surface area contributed by atoms with Crippen molar-refractivity contribution in [1.29, 1.82) is 0 Å². The molecule has 2 aromatic heterocycles. The van der Waals surface area contributed by atoms with Crippen molar-refractivity contribution in [3.63, 3.8) is 0 Å². The highest BCUT2D eigenvalue weighted by molar-refractivity contribution is 6.06. The molecule has 5 rings (SSSR count). The number of nitrogen functional groups attached to an aromatic ring is 1. The molecule has 5 N–H and O–H groups in total. The topological polar surface area (TPSA) is 144 Å². The monoisotopic (exact) mass is 457 g/mol. The predicted octanol–water partition coefficient (Wildman–Crippen LogP) is 2.31. The van der Waals surface area contributed by atoms with E-state index in [0.29, 0.717) is 17.9 Å². The number of benzene rings is 1. The molecule has 0 bridgehead atoms. The van der Waals surface area contributed by atoms with Crippen LogP contribution in [0.3, 0.4) is 0 Å². The lowest BCUT2D eigenvalue weighted by Gasteiger charge is -2.41. The second-order valence-corrected chi connectivity index (χ2v) is 8.94. The SMILES string of the molecule is NC(=NC(=O)c1ccc(N2CCC(O)C2)nc1)C1(c2ccc(-c3cnc(N)nc3)cc2)CCC1. The van der Waals surface area contributed by atoms with Gasteiger partial charge in [-0.3, -0.25) is 4.79 Å². The van der Waals surface area contributed by atoms with E-state index in [1.165, 1.54) is 6.20 Å². The number of aliphatic hydroxyl groups is 1. The summed E-state index contributed by atoms with van der Waals surface area (Å²) >= 11 is 0. The average Bonchev–Trinajstić information content (AvgIpc) is 3.26. The molecule has 1 unspecified atom stereocenters. The summed E-state index contributed by atoms with van der Waals surface area (Å²) in [6.45, 7) is 1.30. The molecule has 1 amide bonds. The fraction of sp³-hybridized carbons (Fsp3) is 0.320. The van der Waals surface area contributed by atoms with E-state index in [2.05, 4.69) is 19.9 Å². The van der Waals surface area contributed by atoms with Crippen LogP contribution in [0.25, 0.3) is 11.1 Å². The van der Waals surface area contributed by atoms with Crippen LogP contribution in [0.5, 0.6) is 0 Å². The minimum Gasteiger partial charge on any atom is -0.391 e. The number of aliphatic hydroxyl groups excluding tert-OH is 1. The normalized spacial score (nSPS) is 19.6. The van der Waals surface area contributed by atoms with E-state index >= 15 is 0 Å². The van der Waals surface area contributed by atoms with Crippen LogP contribution >= 0.6 is 0 Å². The lowest BCUT2D eigenvalue weighted by molar-refractivity contribution is 0.100. The van der Waals surface area contributed by atoms with E-state index < -0.39 is 11.3 Å². The van der Waals surface area contributed by atoms with Gasteiger partial charge in [-0.25, -0.2) is 15.0 Å². The molecule has 3 aromatic rings. The maximum Gasteiger partial charge on any atom is 0.280 e. The molecule has 3 heterocycles. The first kappa shape index (κ1) is 22.0. The number of β-amino-alcohol motifs (C(OH)–C–C–N with tert-alkyl or cyclic N) is 1. The molecule has 1 saturated heterocycles.